The molecule has 0 atom stereocenters. The molecule has 20 heavy (non-hydrogen) atoms. The first-order valence-electron chi connectivity index (χ1n) is 7.64. The normalized spacial score (nSPS) is 15.8. The molecule has 0 radical (unpaired) electrons. The lowest BCUT2D eigenvalue weighted by atomic mass is 10.0. The number of nitrogens with two attached hydrogens (primary N) is 1. The molecule has 106 valence electrons. The van der Waals surface area contributed by atoms with Crippen LogP contribution in [0.4, 0.5) is 11.4 Å². The molecule has 1 aliphatic heterocycles. The number of nitrogen functional groups attached to an aromatic ring is 1. The minimum absolute atomic E-state index is 0.911. The second kappa shape index (κ2) is 5.31. The van der Waals surface area contributed by atoms with Crippen molar-refractivity contribution >= 4 is 22.3 Å². The molecular weight excluding hydrogens is 246 g/mol. The Balaban J connectivity index is 2.09. The highest BCUT2D eigenvalue weighted by Crippen LogP contribution is 2.30. The van der Waals surface area contributed by atoms with E-state index in [4.69, 9.17) is 10.7 Å². The number of hydrogen-bond donors (Lipinski definition) is 1. The zero-order valence-electron chi connectivity index (χ0n) is 12.4. The Morgan fingerprint density at radius 2 is 1.95 bits per heavy atom. The van der Waals surface area contributed by atoms with Crippen molar-refractivity contribution in [3.8, 4) is 0 Å². The smallest absolute Gasteiger partial charge is 0.0727 e. The molecule has 0 unspecified atom stereocenters. The summed E-state index contributed by atoms with van der Waals surface area (Å²) in [6, 6.07) is 6.52. The molecule has 0 saturated carbocycles. The summed E-state index contributed by atoms with van der Waals surface area (Å²) in [6.07, 6.45) is 4.88. The lowest BCUT2D eigenvalue weighted by Gasteiger charge is -2.29. The molecule has 1 saturated heterocycles. The van der Waals surface area contributed by atoms with Crippen molar-refractivity contribution in [2.75, 3.05) is 23.7 Å². The topological polar surface area (TPSA) is 42.2 Å². The minimum atomic E-state index is 0.911. The zero-order valence-corrected chi connectivity index (χ0v) is 12.4. The third-order valence-corrected chi connectivity index (χ3v) is 4.40. The highest BCUT2D eigenvalue weighted by atomic mass is 15.1. The zero-order chi connectivity index (χ0) is 14.1. The van der Waals surface area contributed by atoms with Crippen LogP contribution in [0, 0.1) is 6.92 Å². The van der Waals surface area contributed by atoms with Gasteiger partial charge in [-0.3, -0.25) is 4.98 Å². The van der Waals surface area contributed by atoms with Crippen LogP contribution in [-0.4, -0.2) is 18.1 Å². The van der Waals surface area contributed by atoms with Crippen LogP contribution in [0.15, 0.2) is 18.2 Å². The van der Waals surface area contributed by atoms with Crippen molar-refractivity contribution in [3.05, 3.63) is 29.5 Å². The Hall–Kier alpha value is -1.77. The van der Waals surface area contributed by atoms with E-state index in [1.807, 2.05) is 6.92 Å². The van der Waals surface area contributed by atoms with E-state index < -0.39 is 0 Å². The molecule has 3 nitrogen and oxygen atoms in total. The molecule has 2 N–H and O–H groups in total. The van der Waals surface area contributed by atoms with E-state index in [0.29, 0.717) is 0 Å². The van der Waals surface area contributed by atoms with Gasteiger partial charge in [0.2, 0.25) is 0 Å². The molecule has 2 heterocycles. The molecule has 1 aromatic heterocycles. The van der Waals surface area contributed by atoms with Gasteiger partial charge in [-0.1, -0.05) is 6.92 Å². The SMILES string of the molecule is CCc1c(C)nc2ccc(N3CCCCC3)cc2c1N. The van der Waals surface area contributed by atoms with E-state index in [-0.39, 0.29) is 0 Å². The monoisotopic (exact) mass is 269 g/mol. The van der Waals surface area contributed by atoms with Crippen LogP contribution < -0.4 is 10.6 Å². The van der Waals surface area contributed by atoms with E-state index in [1.54, 1.807) is 0 Å². The summed E-state index contributed by atoms with van der Waals surface area (Å²) < 4.78 is 0. The summed E-state index contributed by atoms with van der Waals surface area (Å²) >= 11 is 0. The summed E-state index contributed by atoms with van der Waals surface area (Å²) in [7, 11) is 0. The maximum atomic E-state index is 6.37. The quantitative estimate of drug-likeness (QED) is 0.904. The van der Waals surface area contributed by atoms with Crippen molar-refractivity contribution in [2.24, 2.45) is 0 Å². The van der Waals surface area contributed by atoms with Crippen LogP contribution in [-0.2, 0) is 6.42 Å². The highest BCUT2D eigenvalue weighted by Gasteiger charge is 2.14. The van der Waals surface area contributed by atoms with E-state index in [1.165, 1.54) is 30.5 Å². The average molecular weight is 269 g/mol. The maximum absolute atomic E-state index is 6.37. The lowest BCUT2D eigenvalue weighted by Crippen LogP contribution is -2.29. The number of rotatable bonds is 2. The van der Waals surface area contributed by atoms with E-state index >= 15 is 0 Å². The third-order valence-electron chi connectivity index (χ3n) is 4.40. The summed E-state index contributed by atoms with van der Waals surface area (Å²) in [5.41, 5.74) is 11.8. The Morgan fingerprint density at radius 1 is 1.20 bits per heavy atom. The number of pyridine rings is 1. The highest BCUT2D eigenvalue weighted by molar-refractivity contribution is 5.94. The number of aryl methyl sites for hydroxylation is 1. The number of piperidine rings is 1. The molecule has 2 aromatic rings. The molecule has 1 aliphatic rings. The molecule has 1 fully saturated rings. The predicted molar refractivity (Wildman–Crippen MR) is 86.3 cm³/mol. The van der Waals surface area contributed by atoms with E-state index in [2.05, 4.69) is 30.0 Å². The van der Waals surface area contributed by atoms with Gasteiger partial charge in [0, 0.05) is 35.5 Å². The minimum Gasteiger partial charge on any atom is -0.398 e. The van der Waals surface area contributed by atoms with Gasteiger partial charge in [-0.2, -0.15) is 0 Å². The van der Waals surface area contributed by atoms with Gasteiger partial charge in [0.15, 0.2) is 0 Å². The Kier molecular flexibility index (Phi) is 3.51. The van der Waals surface area contributed by atoms with Gasteiger partial charge in [-0.25, -0.2) is 0 Å². The molecule has 0 bridgehead atoms. The second-order valence-electron chi connectivity index (χ2n) is 5.69. The molecule has 1 aromatic carbocycles. The largest absolute Gasteiger partial charge is 0.398 e. The van der Waals surface area contributed by atoms with Gasteiger partial charge in [0.05, 0.1) is 5.52 Å². The number of fused-ring (bicyclic) bond motifs is 1. The van der Waals surface area contributed by atoms with Crippen molar-refractivity contribution in [2.45, 2.75) is 39.5 Å². The fourth-order valence-corrected chi connectivity index (χ4v) is 3.24. The van der Waals surface area contributed by atoms with Gasteiger partial charge < -0.3 is 10.6 Å². The number of anilines is 2. The van der Waals surface area contributed by atoms with Crippen LogP contribution in [0.5, 0.6) is 0 Å². The predicted octanol–water partition coefficient (Wildman–Crippen LogP) is 3.68. The van der Waals surface area contributed by atoms with Crippen molar-refractivity contribution in [1.82, 2.24) is 4.98 Å². The third kappa shape index (κ3) is 2.21. The Labute approximate surface area is 120 Å². The Morgan fingerprint density at radius 3 is 2.65 bits per heavy atom. The first-order chi connectivity index (χ1) is 9.70. The molecule has 3 rings (SSSR count). The van der Waals surface area contributed by atoms with Gasteiger partial charge in [0.1, 0.15) is 0 Å². The van der Waals surface area contributed by atoms with E-state index in [0.717, 1.165) is 41.8 Å². The summed E-state index contributed by atoms with van der Waals surface area (Å²) in [5.74, 6) is 0. The van der Waals surface area contributed by atoms with Crippen LogP contribution in [0.25, 0.3) is 10.9 Å². The summed E-state index contributed by atoms with van der Waals surface area (Å²) in [6.45, 7) is 6.50. The van der Waals surface area contributed by atoms with Gasteiger partial charge in [-0.05, 0) is 56.4 Å². The van der Waals surface area contributed by atoms with Gasteiger partial charge in [-0.15, -0.1) is 0 Å². The number of benzene rings is 1. The molecule has 0 spiro atoms. The van der Waals surface area contributed by atoms with E-state index in [9.17, 15) is 0 Å². The molecule has 0 amide bonds. The summed E-state index contributed by atoms with van der Waals surface area (Å²) in [4.78, 5) is 7.16. The van der Waals surface area contributed by atoms with Crippen molar-refractivity contribution in [1.29, 1.82) is 0 Å². The molecule has 0 aliphatic carbocycles. The number of hydrogen-bond acceptors (Lipinski definition) is 3. The lowest BCUT2D eigenvalue weighted by molar-refractivity contribution is 0.578. The summed E-state index contributed by atoms with van der Waals surface area (Å²) in [5, 5.41) is 1.11. The van der Waals surface area contributed by atoms with Crippen molar-refractivity contribution < 1.29 is 0 Å². The molecular formula is C17H23N3. The molecule has 3 heteroatoms. The Bertz CT molecular complexity index is 628. The van der Waals surface area contributed by atoms with Crippen LogP contribution >= 0.6 is 0 Å². The van der Waals surface area contributed by atoms with Crippen LogP contribution in [0.1, 0.15) is 37.4 Å². The van der Waals surface area contributed by atoms with Gasteiger partial charge in [0.25, 0.3) is 0 Å². The van der Waals surface area contributed by atoms with Gasteiger partial charge >= 0.3 is 0 Å². The second-order valence-corrected chi connectivity index (χ2v) is 5.69. The van der Waals surface area contributed by atoms with Crippen LogP contribution in [0.3, 0.4) is 0 Å². The van der Waals surface area contributed by atoms with Crippen molar-refractivity contribution in [3.63, 3.8) is 0 Å². The first kappa shape index (κ1) is 13.2. The fraction of sp³-hybridized carbons (Fsp3) is 0.471. The maximum Gasteiger partial charge on any atom is 0.0727 e. The average Bonchev–Trinajstić information content (AvgIpc) is 2.48. The standard InChI is InChI=1S/C17H23N3/c1-3-14-12(2)19-16-8-7-13(11-15(16)17(14)18)20-9-5-4-6-10-20/h7-8,11H,3-6,9-10H2,1-2H3,(H2,18,19). The number of nitrogens with zero attached hydrogens (tertiary/aromatic N) is 2. The first-order valence-corrected chi connectivity index (χ1v) is 7.64. The number of aromatic nitrogens is 1. The van der Waals surface area contributed by atoms with Crippen LogP contribution in [0.2, 0.25) is 0 Å². The fourth-order valence-electron chi connectivity index (χ4n) is 3.24.